The van der Waals surface area contributed by atoms with Gasteiger partial charge in [0, 0.05) is 50.3 Å². The van der Waals surface area contributed by atoms with Crippen molar-refractivity contribution in [2.75, 3.05) is 5.75 Å². The van der Waals surface area contributed by atoms with Crippen LogP contribution in [0, 0.1) is 0 Å². The maximum absolute atomic E-state index is 13.1. The third-order valence-electron chi connectivity index (χ3n) is 4.96. The van der Waals surface area contributed by atoms with Crippen molar-refractivity contribution in [3.8, 4) is 0 Å². The van der Waals surface area contributed by atoms with Crippen molar-refractivity contribution < 1.29 is 9.59 Å². The number of nitrogens with zero attached hydrogens (tertiary/aromatic N) is 1. The summed E-state index contributed by atoms with van der Waals surface area (Å²) in [5.41, 5.74) is 0.632. The molecule has 0 heterocycles. The average molecular weight is 502 g/mol. The van der Waals surface area contributed by atoms with E-state index in [4.69, 9.17) is 34.8 Å². The molecule has 8 heteroatoms. The monoisotopic (exact) mass is 500 g/mol. The van der Waals surface area contributed by atoms with Crippen LogP contribution in [0.25, 0.3) is 0 Å². The van der Waals surface area contributed by atoms with E-state index in [0.29, 0.717) is 26.4 Å². The Morgan fingerprint density at radius 2 is 1.65 bits per heavy atom. The quantitative estimate of drug-likeness (QED) is 0.380. The summed E-state index contributed by atoms with van der Waals surface area (Å²) < 4.78 is 0. The van der Waals surface area contributed by atoms with Gasteiger partial charge in [0.1, 0.15) is 6.04 Å². The molecule has 0 saturated carbocycles. The van der Waals surface area contributed by atoms with Crippen LogP contribution in [0.4, 0.5) is 0 Å². The van der Waals surface area contributed by atoms with Gasteiger partial charge in [0.2, 0.25) is 11.8 Å². The molecular formula is C23H27Cl3N2O2S. The molecule has 31 heavy (non-hydrogen) atoms. The molecular weight excluding hydrogens is 475 g/mol. The van der Waals surface area contributed by atoms with Crippen LogP contribution in [-0.4, -0.2) is 34.6 Å². The van der Waals surface area contributed by atoms with Crippen LogP contribution in [0.5, 0.6) is 0 Å². The van der Waals surface area contributed by atoms with E-state index in [1.165, 1.54) is 0 Å². The molecule has 0 spiro atoms. The highest BCUT2D eigenvalue weighted by Crippen LogP contribution is 2.27. The van der Waals surface area contributed by atoms with Gasteiger partial charge in [-0.3, -0.25) is 9.59 Å². The second-order valence-corrected chi connectivity index (χ2v) is 9.69. The van der Waals surface area contributed by atoms with Crippen LogP contribution in [0.15, 0.2) is 47.4 Å². The minimum Gasteiger partial charge on any atom is -0.352 e. The molecule has 0 aliphatic carbocycles. The molecule has 2 aromatic rings. The number of carbonyl (C=O) groups is 2. The van der Waals surface area contributed by atoms with Crippen molar-refractivity contribution in [2.45, 2.75) is 57.1 Å². The predicted octanol–water partition coefficient (Wildman–Crippen LogP) is 6.46. The fourth-order valence-corrected chi connectivity index (χ4v) is 4.32. The van der Waals surface area contributed by atoms with Gasteiger partial charge in [-0.25, -0.2) is 0 Å². The van der Waals surface area contributed by atoms with Gasteiger partial charge in [0.05, 0.1) is 0 Å². The topological polar surface area (TPSA) is 49.4 Å². The summed E-state index contributed by atoms with van der Waals surface area (Å²) in [5.74, 6) is 0.243. The number of thioether (sulfide) groups is 1. The van der Waals surface area contributed by atoms with E-state index < -0.39 is 6.04 Å². The molecule has 168 valence electrons. The molecule has 0 unspecified atom stereocenters. The zero-order valence-corrected chi connectivity index (χ0v) is 20.9. The zero-order chi connectivity index (χ0) is 23.0. The molecule has 4 nitrogen and oxygen atoms in total. The van der Waals surface area contributed by atoms with Gasteiger partial charge in [-0.15, -0.1) is 11.8 Å². The van der Waals surface area contributed by atoms with Gasteiger partial charge < -0.3 is 10.2 Å². The van der Waals surface area contributed by atoms with Gasteiger partial charge in [0.25, 0.3) is 0 Å². The van der Waals surface area contributed by atoms with Crippen molar-refractivity contribution >= 4 is 58.4 Å². The molecule has 0 radical (unpaired) electrons. The molecule has 2 atom stereocenters. The van der Waals surface area contributed by atoms with Crippen molar-refractivity contribution in [3.63, 3.8) is 0 Å². The lowest BCUT2D eigenvalue weighted by atomic mass is 10.1. The number of rotatable bonds is 10. The molecule has 0 bridgehead atoms. The van der Waals surface area contributed by atoms with Crippen LogP contribution in [0.1, 0.15) is 39.2 Å². The summed E-state index contributed by atoms with van der Waals surface area (Å²) >= 11 is 20.1. The lowest BCUT2D eigenvalue weighted by Gasteiger charge is -2.30. The number of hydrogen-bond acceptors (Lipinski definition) is 3. The Balaban J connectivity index is 2.14. The SMILES string of the molecule is CC[C@@H](C)NC(=O)[C@H](C)N(Cc1c(Cl)cccc1Cl)C(=O)CCSc1ccc(Cl)cc1. The second-order valence-electron chi connectivity index (χ2n) is 7.27. The van der Waals surface area contributed by atoms with Crippen LogP contribution in [-0.2, 0) is 16.1 Å². The molecule has 0 aromatic heterocycles. The third kappa shape index (κ3) is 7.90. The van der Waals surface area contributed by atoms with Crippen LogP contribution in [0.2, 0.25) is 15.1 Å². The molecule has 2 rings (SSSR count). The fourth-order valence-electron chi connectivity index (χ4n) is 2.83. The van der Waals surface area contributed by atoms with Crippen molar-refractivity contribution in [2.24, 2.45) is 0 Å². The summed E-state index contributed by atoms with van der Waals surface area (Å²) in [4.78, 5) is 28.5. The van der Waals surface area contributed by atoms with E-state index in [1.807, 2.05) is 38.1 Å². The van der Waals surface area contributed by atoms with E-state index in [0.717, 1.165) is 11.3 Å². The Morgan fingerprint density at radius 3 is 2.23 bits per heavy atom. The summed E-state index contributed by atoms with van der Waals surface area (Å²) in [5, 5.41) is 4.56. The van der Waals surface area contributed by atoms with Crippen molar-refractivity contribution in [1.29, 1.82) is 0 Å². The third-order valence-corrected chi connectivity index (χ3v) is 6.93. The number of halogens is 3. The van der Waals surface area contributed by atoms with E-state index in [2.05, 4.69) is 5.32 Å². The predicted molar refractivity (Wildman–Crippen MR) is 131 cm³/mol. The maximum atomic E-state index is 13.1. The van der Waals surface area contributed by atoms with E-state index >= 15 is 0 Å². The van der Waals surface area contributed by atoms with Gasteiger partial charge in [-0.05, 0) is 56.7 Å². The highest BCUT2D eigenvalue weighted by Gasteiger charge is 2.27. The number of benzene rings is 2. The molecule has 2 amide bonds. The van der Waals surface area contributed by atoms with E-state index in [1.54, 1.807) is 41.8 Å². The van der Waals surface area contributed by atoms with Crippen molar-refractivity contribution in [3.05, 3.63) is 63.1 Å². The Morgan fingerprint density at radius 1 is 1.03 bits per heavy atom. The van der Waals surface area contributed by atoms with E-state index in [-0.39, 0.29) is 30.8 Å². The first kappa shape index (κ1) is 25.9. The average Bonchev–Trinajstić information content (AvgIpc) is 2.74. The molecule has 0 saturated heterocycles. The van der Waals surface area contributed by atoms with Crippen LogP contribution >= 0.6 is 46.6 Å². The number of amides is 2. The summed E-state index contributed by atoms with van der Waals surface area (Å²) in [7, 11) is 0. The standard InChI is InChI=1S/C23H27Cl3N2O2S/c1-4-15(2)27-23(30)16(3)28(14-19-20(25)6-5-7-21(19)26)22(29)12-13-31-18-10-8-17(24)9-11-18/h5-11,15-16H,4,12-14H2,1-3H3,(H,27,30)/t15-,16+/m1/s1. The summed E-state index contributed by atoms with van der Waals surface area (Å²) in [6.45, 7) is 5.82. The Bertz CT molecular complexity index is 873. The lowest BCUT2D eigenvalue weighted by Crippen LogP contribution is -2.49. The fraction of sp³-hybridized carbons (Fsp3) is 0.391. The largest absolute Gasteiger partial charge is 0.352 e. The molecule has 1 N–H and O–H groups in total. The number of nitrogens with one attached hydrogen (secondary N) is 1. The minimum absolute atomic E-state index is 0.0243. The second kappa shape index (κ2) is 12.6. The zero-order valence-electron chi connectivity index (χ0n) is 17.8. The number of hydrogen-bond donors (Lipinski definition) is 1. The van der Waals surface area contributed by atoms with Gasteiger partial charge in [0.15, 0.2) is 0 Å². The molecule has 2 aromatic carbocycles. The Labute approximate surface area is 203 Å². The van der Waals surface area contributed by atoms with Crippen molar-refractivity contribution in [1.82, 2.24) is 10.2 Å². The highest BCUT2D eigenvalue weighted by molar-refractivity contribution is 7.99. The molecule has 0 aliphatic heterocycles. The Kier molecular flexibility index (Phi) is 10.5. The first-order valence-corrected chi connectivity index (χ1v) is 12.3. The normalized spacial score (nSPS) is 12.8. The van der Waals surface area contributed by atoms with Gasteiger partial charge in [-0.2, -0.15) is 0 Å². The summed E-state index contributed by atoms with van der Waals surface area (Å²) in [6, 6.07) is 12.0. The minimum atomic E-state index is -0.658. The smallest absolute Gasteiger partial charge is 0.242 e. The summed E-state index contributed by atoms with van der Waals surface area (Å²) in [6.07, 6.45) is 1.08. The van der Waals surface area contributed by atoms with Crippen LogP contribution in [0.3, 0.4) is 0 Å². The molecule has 0 aliphatic rings. The first-order valence-electron chi connectivity index (χ1n) is 10.1. The van der Waals surface area contributed by atoms with E-state index in [9.17, 15) is 9.59 Å². The van der Waals surface area contributed by atoms with Gasteiger partial charge >= 0.3 is 0 Å². The first-order chi connectivity index (χ1) is 14.7. The van der Waals surface area contributed by atoms with Crippen LogP contribution < -0.4 is 5.32 Å². The molecule has 0 fully saturated rings. The maximum Gasteiger partial charge on any atom is 0.242 e. The Hall–Kier alpha value is -1.40. The van der Waals surface area contributed by atoms with Gasteiger partial charge in [-0.1, -0.05) is 47.8 Å². The number of carbonyl (C=O) groups excluding carboxylic acids is 2. The highest BCUT2D eigenvalue weighted by atomic mass is 35.5. The lowest BCUT2D eigenvalue weighted by molar-refractivity contribution is -0.140.